The predicted molar refractivity (Wildman–Crippen MR) is 45.3 cm³/mol. The maximum Gasteiger partial charge on any atom is 0.128 e. The van der Waals surface area contributed by atoms with Crippen LogP contribution in [0.5, 0.6) is 5.75 Å². The topological polar surface area (TPSA) is 9.23 Å². The first-order valence-corrected chi connectivity index (χ1v) is 4.10. The van der Waals surface area contributed by atoms with Crippen molar-refractivity contribution in [1.29, 1.82) is 0 Å². The molecule has 11 heavy (non-hydrogen) atoms. The molecule has 3 heteroatoms. The van der Waals surface area contributed by atoms with E-state index in [0.717, 1.165) is 0 Å². The van der Waals surface area contributed by atoms with E-state index >= 15 is 0 Å². The fraction of sp³-hybridized carbons (Fsp3) is 0.250. The van der Waals surface area contributed by atoms with Gasteiger partial charge in [0.25, 0.3) is 0 Å². The number of rotatable bonds is 2. The Labute approximate surface area is 73.3 Å². The van der Waals surface area contributed by atoms with Crippen LogP contribution in [0.1, 0.15) is 6.92 Å². The van der Waals surface area contributed by atoms with Crippen molar-refractivity contribution >= 4 is 15.9 Å². The molecular weight excluding hydrogens is 211 g/mol. The number of ether oxygens (including phenoxy) is 1. The van der Waals surface area contributed by atoms with Crippen molar-refractivity contribution in [3.63, 3.8) is 0 Å². The molecule has 0 atom stereocenters. The fourth-order valence-electron chi connectivity index (χ4n) is 0.779. The maximum atomic E-state index is 12.6. The minimum absolute atomic E-state index is 0.289. The lowest BCUT2D eigenvalue weighted by atomic mass is 10.3. The van der Waals surface area contributed by atoms with Crippen molar-refractivity contribution in [3.05, 3.63) is 28.5 Å². The highest BCUT2D eigenvalue weighted by Crippen LogP contribution is 2.20. The van der Waals surface area contributed by atoms with Crippen LogP contribution in [-0.4, -0.2) is 6.61 Å². The molecule has 1 aromatic rings. The summed E-state index contributed by atoms with van der Waals surface area (Å²) in [5.41, 5.74) is 0. The van der Waals surface area contributed by atoms with E-state index in [1.165, 1.54) is 12.1 Å². The van der Waals surface area contributed by atoms with E-state index in [1.54, 1.807) is 6.07 Å². The Morgan fingerprint density at radius 1 is 1.45 bits per heavy atom. The third-order valence-electron chi connectivity index (χ3n) is 1.15. The Hall–Kier alpha value is -0.570. The van der Waals surface area contributed by atoms with Crippen LogP contribution in [0.4, 0.5) is 4.39 Å². The molecule has 0 heterocycles. The van der Waals surface area contributed by atoms with Gasteiger partial charge in [-0.15, -0.1) is 0 Å². The molecule has 0 spiro atoms. The van der Waals surface area contributed by atoms with Crippen molar-refractivity contribution in [2.45, 2.75) is 6.92 Å². The summed E-state index contributed by atoms with van der Waals surface area (Å²) in [6.07, 6.45) is 0. The minimum Gasteiger partial charge on any atom is -0.494 e. The van der Waals surface area contributed by atoms with Crippen LogP contribution in [0, 0.1) is 5.82 Å². The summed E-state index contributed by atoms with van der Waals surface area (Å²) >= 11 is 3.16. The number of halogens is 2. The second-order valence-corrected chi connectivity index (χ2v) is 2.95. The van der Waals surface area contributed by atoms with E-state index < -0.39 is 0 Å². The molecule has 0 aliphatic heterocycles. The molecular formula is C8H8BrFO. The smallest absolute Gasteiger partial charge is 0.128 e. The molecule has 60 valence electrons. The van der Waals surface area contributed by atoms with Crippen molar-refractivity contribution < 1.29 is 9.13 Å². The van der Waals surface area contributed by atoms with Crippen LogP contribution < -0.4 is 4.74 Å². The molecule has 0 aliphatic carbocycles. The summed E-state index contributed by atoms with van der Waals surface area (Å²) in [6, 6.07) is 4.48. The number of benzene rings is 1. The zero-order valence-corrected chi connectivity index (χ0v) is 7.69. The summed E-state index contributed by atoms with van der Waals surface area (Å²) in [7, 11) is 0. The van der Waals surface area contributed by atoms with Gasteiger partial charge in [0.1, 0.15) is 11.6 Å². The second-order valence-electron chi connectivity index (χ2n) is 2.04. The van der Waals surface area contributed by atoms with Crippen molar-refractivity contribution in [2.75, 3.05) is 6.61 Å². The number of hydrogen-bond acceptors (Lipinski definition) is 1. The molecule has 0 aliphatic rings. The third kappa shape index (κ3) is 2.50. The SMILES string of the molecule is CCOc1cc(F)cc(Br)c1. The first kappa shape index (κ1) is 8.53. The normalized spacial score (nSPS) is 9.73. The van der Waals surface area contributed by atoms with Gasteiger partial charge in [-0.2, -0.15) is 0 Å². The van der Waals surface area contributed by atoms with E-state index in [4.69, 9.17) is 4.74 Å². The van der Waals surface area contributed by atoms with Gasteiger partial charge >= 0.3 is 0 Å². The molecule has 1 aromatic carbocycles. The van der Waals surface area contributed by atoms with E-state index in [0.29, 0.717) is 16.8 Å². The molecule has 0 saturated carbocycles. The van der Waals surface area contributed by atoms with Crippen LogP contribution in [-0.2, 0) is 0 Å². The lowest BCUT2D eigenvalue weighted by molar-refractivity contribution is 0.338. The first-order valence-electron chi connectivity index (χ1n) is 3.31. The van der Waals surface area contributed by atoms with Gasteiger partial charge in [0, 0.05) is 10.5 Å². The zero-order chi connectivity index (χ0) is 8.27. The molecule has 0 fully saturated rings. The maximum absolute atomic E-state index is 12.6. The minimum atomic E-state index is -0.289. The van der Waals surface area contributed by atoms with Gasteiger partial charge in [0.05, 0.1) is 6.61 Å². The first-order chi connectivity index (χ1) is 5.22. The van der Waals surface area contributed by atoms with Gasteiger partial charge in [-0.25, -0.2) is 4.39 Å². The highest BCUT2D eigenvalue weighted by molar-refractivity contribution is 9.10. The van der Waals surface area contributed by atoms with Gasteiger partial charge in [-0.3, -0.25) is 0 Å². The highest BCUT2D eigenvalue weighted by atomic mass is 79.9. The molecule has 0 radical (unpaired) electrons. The summed E-state index contributed by atoms with van der Waals surface area (Å²) in [5.74, 6) is 0.266. The van der Waals surface area contributed by atoms with Crippen LogP contribution in [0.15, 0.2) is 22.7 Å². The molecule has 0 bridgehead atoms. The van der Waals surface area contributed by atoms with Crippen LogP contribution in [0.2, 0.25) is 0 Å². The second kappa shape index (κ2) is 3.72. The zero-order valence-electron chi connectivity index (χ0n) is 6.10. The van der Waals surface area contributed by atoms with Crippen molar-refractivity contribution in [3.8, 4) is 5.75 Å². The third-order valence-corrected chi connectivity index (χ3v) is 1.60. The average molecular weight is 219 g/mol. The molecule has 0 aromatic heterocycles. The van der Waals surface area contributed by atoms with Gasteiger partial charge in [-0.05, 0) is 19.1 Å². The van der Waals surface area contributed by atoms with Gasteiger partial charge in [0.2, 0.25) is 0 Å². The highest BCUT2D eigenvalue weighted by Gasteiger charge is 1.97. The standard InChI is InChI=1S/C8H8BrFO/c1-2-11-8-4-6(9)3-7(10)5-8/h3-5H,2H2,1H3. The van der Waals surface area contributed by atoms with E-state index in [2.05, 4.69) is 15.9 Å². The summed E-state index contributed by atoms with van der Waals surface area (Å²) in [5, 5.41) is 0. The number of hydrogen-bond donors (Lipinski definition) is 0. The lowest BCUT2D eigenvalue weighted by Gasteiger charge is -2.02. The molecule has 1 rings (SSSR count). The van der Waals surface area contributed by atoms with Crippen LogP contribution in [0.3, 0.4) is 0 Å². The van der Waals surface area contributed by atoms with E-state index in [1.807, 2.05) is 6.92 Å². The monoisotopic (exact) mass is 218 g/mol. The van der Waals surface area contributed by atoms with Crippen molar-refractivity contribution in [1.82, 2.24) is 0 Å². The molecule has 0 amide bonds. The Morgan fingerprint density at radius 3 is 2.73 bits per heavy atom. The Kier molecular flexibility index (Phi) is 2.88. The Morgan fingerprint density at radius 2 is 2.18 bits per heavy atom. The average Bonchev–Trinajstić information content (AvgIpc) is 1.85. The molecule has 0 saturated heterocycles. The lowest BCUT2D eigenvalue weighted by Crippen LogP contribution is -1.91. The van der Waals surface area contributed by atoms with Gasteiger partial charge in [0.15, 0.2) is 0 Å². The van der Waals surface area contributed by atoms with Crippen LogP contribution in [0.25, 0.3) is 0 Å². The molecule has 0 unspecified atom stereocenters. The molecule has 1 nitrogen and oxygen atoms in total. The molecule has 0 N–H and O–H groups in total. The Bertz CT molecular complexity index is 230. The summed E-state index contributed by atoms with van der Waals surface area (Å²) in [4.78, 5) is 0. The van der Waals surface area contributed by atoms with E-state index in [-0.39, 0.29) is 5.82 Å². The van der Waals surface area contributed by atoms with Crippen LogP contribution >= 0.6 is 15.9 Å². The quantitative estimate of drug-likeness (QED) is 0.742. The largest absolute Gasteiger partial charge is 0.494 e. The Balaban J connectivity index is 2.89. The fourth-order valence-corrected chi connectivity index (χ4v) is 1.22. The van der Waals surface area contributed by atoms with Gasteiger partial charge in [-0.1, -0.05) is 15.9 Å². The van der Waals surface area contributed by atoms with Gasteiger partial charge < -0.3 is 4.74 Å². The van der Waals surface area contributed by atoms with E-state index in [9.17, 15) is 4.39 Å². The predicted octanol–water partition coefficient (Wildman–Crippen LogP) is 2.99. The summed E-state index contributed by atoms with van der Waals surface area (Å²) < 4.78 is 18.4. The summed E-state index contributed by atoms with van der Waals surface area (Å²) in [6.45, 7) is 2.41. The van der Waals surface area contributed by atoms with Crippen molar-refractivity contribution in [2.24, 2.45) is 0 Å².